The van der Waals surface area contributed by atoms with Crippen molar-refractivity contribution in [2.75, 3.05) is 7.11 Å². The molecule has 2 heterocycles. The molecule has 90 valence electrons. The van der Waals surface area contributed by atoms with Crippen LogP contribution in [-0.4, -0.2) is 27.6 Å². The summed E-state index contributed by atoms with van der Waals surface area (Å²) in [5.41, 5.74) is 6.57. The Morgan fingerprint density at radius 2 is 2.35 bits per heavy atom. The van der Waals surface area contributed by atoms with E-state index in [2.05, 4.69) is 9.97 Å². The molecule has 0 aliphatic rings. The highest BCUT2D eigenvalue weighted by molar-refractivity contribution is 7.71. The van der Waals surface area contributed by atoms with Crippen LogP contribution in [0.1, 0.15) is 13.0 Å². The Morgan fingerprint density at radius 1 is 1.65 bits per heavy atom. The summed E-state index contributed by atoms with van der Waals surface area (Å²) >= 11 is 5.15. The normalized spacial score (nSPS) is 12.6. The van der Waals surface area contributed by atoms with Gasteiger partial charge in [0.1, 0.15) is 6.04 Å². The van der Waals surface area contributed by atoms with Crippen LogP contribution in [0.2, 0.25) is 0 Å². The molecule has 0 spiro atoms. The molecule has 0 fully saturated rings. The third-order valence-corrected chi connectivity index (χ3v) is 2.85. The van der Waals surface area contributed by atoms with Gasteiger partial charge in [-0.05, 0) is 25.2 Å². The van der Waals surface area contributed by atoms with E-state index in [1.165, 1.54) is 7.11 Å². The molecule has 7 heteroatoms. The molecule has 2 rings (SSSR count). The highest BCUT2D eigenvalue weighted by Gasteiger charge is 2.17. The lowest BCUT2D eigenvalue weighted by molar-refractivity contribution is -0.120. The van der Waals surface area contributed by atoms with Gasteiger partial charge in [-0.2, -0.15) is 4.98 Å². The number of pyridine rings is 1. The number of aromatic nitrogens is 3. The summed E-state index contributed by atoms with van der Waals surface area (Å²) in [5.74, 6) is -0.0106. The van der Waals surface area contributed by atoms with Crippen molar-refractivity contribution in [3.05, 3.63) is 16.9 Å². The largest absolute Gasteiger partial charge is 0.481 e. The van der Waals surface area contributed by atoms with Crippen molar-refractivity contribution in [2.24, 2.45) is 5.73 Å². The van der Waals surface area contributed by atoms with Gasteiger partial charge in [0.25, 0.3) is 0 Å². The van der Waals surface area contributed by atoms with Crippen molar-refractivity contribution < 1.29 is 9.53 Å². The minimum absolute atomic E-state index is 0.409. The van der Waals surface area contributed by atoms with Crippen LogP contribution in [0.15, 0.2) is 12.1 Å². The van der Waals surface area contributed by atoms with E-state index < -0.39 is 11.9 Å². The first-order valence-electron chi connectivity index (χ1n) is 4.99. The minimum atomic E-state index is -0.559. The summed E-state index contributed by atoms with van der Waals surface area (Å²) in [6, 6.07) is 2.95. The van der Waals surface area contributed by atoms with E-state index in [1.807, 2.05) is 0 Å². The lowest BCUT2D eigenvalue weighted by Gasteiger charge is -2.09. The second-order valence-electron chi connectivity index (χ2n) is 3.60. The van der Waals surface area contributed by atoms with Crippen molar-refractivity contribution in [2.45, 2.75) is 13.0 Å². The van der Waals surface area contributed by atoms with Crippen LogP contribution < -0.4 is 10.5 Å². The van der Waals surface area contributed by atoms with Crippen LogP contribution in [0.5, 0.6) is 5.88 Å². The van der Waals surface area contributed by atoms with Crippen LogP contribution in [0.3, 0.4) is 0 Å². The molecule has 2 aromatic heterocycles. The molecular weight excluding hydrogens is 240 g/mol. The summed E-state index contributed by atoms with van der Waals surface area (Å²) in [6.45, 7) is 1.67. The summed E-state index contributed by atoms with van der Waals surface area (Å²) in [6.07, 6.45) is 0. The average Bonchev–Trinajstić information content (AvgIpc) is 2.62. The van der Waals surface area contributed by atoms with Crippen LogP contribution in [0.4, 0.5) is 0 Å². The number of rotatable bonds is 3. The number of primary amides is 1. The number of fused-ring (bicyclic) bond motifs is 1. The van der Waals surface area contributed by atoms with Crippen molar-refractivity contribution in [1.29, 1.82) is 0 Å². The van der Waals surface area contributed by atoms with Crippen molar-refractivity contribution >= 4 is 29.3 Å². The van der Waals surface area contributed by atoms with Crippen LogP contribution in [0.25, 0.3) is 11.2 Å². The molecule has 0 saturated carbocycles. The zero-order chi connectivity index (χ0) is 12.6. The quantitative estimate of drug-likeness (QED) is 0.802. The summed E-state index contributed by atoms with van der Waals surface area (Å²) in [7, 11) is 1.53. The number of nitrogens with two attached hydrogens (primary N) is 1. The molecule has 0 bridgehead atoms. The van der Waals surface area contributed by atoms with E-state index in [9.17, 15) is 4.79 Å². The molecule has 0 aliphatic heterocycles. The van der Waals surface area contributed by atoms with Crippen molar-refractivity contribution in [3.8, 4) is 5.88 Å². The monoisotopic (exact) mass is 252 g/mol. The molecule has 3 N–H and O–H groups in total. The van der Waals surface area contributed by atoms with Gasteiger partial charge >= 0.3 is 0 Å². The predicted molar refractivity (Wildman–Crippen MR) is 65.4 cm³/mol. The Morgan fingerprint density at radius 3 is 2.94 bits per heavy atom. The Bertz CT molecular complexity index is 631. The maximum atomic E-state index is 11.2. The number of imidazole rings is 1. The first-order valence-corrected chi connectivity index (χ1v) is 5.40. The van der Waals surface area contributed by atoms with Gasteiger partial charge in [0.15, 0.2) is 10.4 Å². The lowest BCUT2D eigenvalue weighted by Crippen LogP contribution is -2.24. The fourth-order valence-corrected chi connectivity index (χ4v) is 1.94. The number of H-pyrrole nitrogens is 1. The van der Waals surface area contributed by atoms with E-state index in [1.54, 1.807) is 23.6 Å². The standard InChI is InChI=1S/C10H12N4O2S/c1-5(8(11)15)14-9-6(12-10(14)17)3-4-7(13-9)16-2/h3-5H,1-2H3,(H2,11,15)(H,12,17). The number of methoxy groups -OCH3 is 1. The highest BCUT2D eigenvalue weighted by Crippen LogP contribution is 2.19. The van der Waals surface area contributed by atoms with E-state index in [0.717, 1.165) is 5.52 Å². The number of carbonyl (C=O) groups is 1. The number of hydrogen-bond donors (Lipinski definition) is 2. The van der Waals surface area contributed by atoms with Crippen molar-refractivity contribution in [1.82, 2.24) is 14.5 Å². The maximum absolute atomic E-state index is 11.2. The average molecular weight is 252 g/mol. The van der Waals surface area contributed by atoms with Crippen LogP contribution >= 0.6 is 12.2 Å². The first-order chi connectivity index (χ1) is 8.04. The third kappa shape index (κ3) is 1.89. The van der Waals surface area contributed by atoms with E-state index in [-0.39, 0.29) is 0 Å². The number of nitrogens with zero attached hydrogens (tertiary/aromatic N) is 2. The molecule has 0 aromatic carbocycles. The molecule has 0 saturated heterocycles. The molecule has 1 amide bonds. The van der Waals surface area contributed by atoms with Gasteiger partial charge in [0.2, 0.25) is 11.8 Å². The molecule has 1 unspecified atom stereocenters. The molecule has 1 atom stereocenters. The summed E-state index contributed by atoms with van der Waals surface area (Å²) in [5, 5.41) is 0. The number of ether oxygens (including phenoxy) is 1. The van der Waals surface area contributed by atoms with Gasteiger partial charge in [0.05, 0.1) is 12.6 Å². The predicted octanol–water partition coefficient (Wildman–Crippen LogP) is 1.15. The Labute approximate surface area is 102 Å². The SMILES string of the molecule is COc1ccc2[nH]c(=S)n(C(C)C(N)=O)c2n1. The van der Waals surface area contributed by atoms with Gasteiger partial charge in [-0.25, -0.2) is 0 Å². The Hall–Kier alpha value is -1.89. The zero-order valence-electron chi connectivity index (χ0n) is 9.43. The van der Waals surface area contributed by atoms with Crippen LogP contribution in [0, 0.1) is 4.77 Å². The molecule has 6 nitrogen and oxygen atoms in total. The van der Waals surface area contributed by atoms with E-state index in [0.29, 0.717) is 16.3 Å². The second-order valence-corrected chi connectivity index (χ2v) is 3.99. The maximum Gasteiger partial charge on any atom is 0.240 e. The number of amides is 1. The molecule has 0 aliphatic carbocycles. The van der Waals surface area contributed by atoms with Gasteiger partial charge < -0.3 is 15.5 Å². The number of nitrogens with one attached hydrogen (secondary N) is 1. The molecule has 2 aromatic rings. The van der Waals surface area contributed by atoms with Gasteiger partial charge in [-0.1, -0.05) is 0 Å². The van der Waals surface area contributed by atoms with Gasteiger partial charge in [-0.15, -0.1) is 0 Å². The van der Waals surface area contributed by atoms with Crippen molar-refractivity contribution in [3.63, 3.8) is 0 Å². The van der Waals surface area contributed by atoms with Gasteiger partial charge in [-0.3, -0.25) is 9.36 Å². The smallest absolute Gasteiger partial charge is 0.240 e. The Kier molecular flexibility index (Phi) is 2.84. The highest BCUT2D eigenvalue weighted by atomic mass is 32.1. The molecular formula is C10H12N4O2S. The Balaban J connectivity index is 2.72. The second kappa shape index (κ2) is 4.17. The van der Waals surface area contributed by atoms with E-state index in [4.69, 9.17) is 22.7 Å². The topological polar surface area (TPSA) is 85.9 Å². The van der Waals surface area contributed by atoms with Crippen LogP contribution in [-0.2, 0) is 4.79 Å². The van der Waals surface area contributed by atoms with Gasteiger partial charge in [0, 0.05) is 6.07 Å². The number of hydrogen-bond acceptors (Lipinski definition) is 4. The third-order valence-electron chi connectivity index (χ3n) is 2.55. The number of aromatic amines is 1. The minimum Gasteiger partial charge on any atom is -0.481 e. The molecule has 0 radical (unpaired) electrons. The zero-order valence-corrected chi connectivity index (χ0v) is 10.2. The fraction of sp³-hybridized carbons (Fsp3) is 0.300. The molecule has 17 heavy (non-hydrogen) atoms. The number of carbonyl (C=O) groups excluding carboxylic acids is 1. The van der Waals surface area contributed by atoms with E-state index >= 15 is 0 Å². The fourth-order valence-electron chi connectivity index (χ4n) is 1.58. The summed E-state index contributed by atoms with van der Waals surface area (Å²) in [4.78, 5) is 18.4. The summed E-state index contributed by atoms with van der Waals surface area (Å²) < 4.78 is 7.03. The first kappa shape index (κ1) is 11.6. The lowest BCUT2D eigenvalue weighted by atomic mass is 10.3.